The first-order valence-electron chi connectivity index (χ1n) is 10.5. The van der Waals surface area contributed by atoms with Gasteiger partial charge in [-0.1, -0.05) is 46.8 Å². The van der Waals surface area contributed by atoms with Crippen LogP contribution in [-0.2, 0) is 14.0 Å². The number of allylic oxidation sites excluding steroid dienone is 2. The van der Waals surface area contributed by atoms with Crippen molar-refractivity contribution in [3.8, 4) is 0 Å². The maximum absolute atomic E-state index is 12.9. The lowest BCUT2D eigenvalue weighted by Crippen LogP contribution is -2.55. The summed E-state index contributed by atoms with van der Waals surface area (Å²) in [6.07, 6.45) is 6.09. The molecule has 6 atom stereocenters. The number of esters is 1. The van der Waals surface area contributed by atoms with E-state index in [1.54, 1.807) is 0 Å². The van der Waals surface area contributed by atoms with Crippen LogP contribution in [0, 0.1) is 29.1 Å². The molecule has 0 aromatic heterocycles. The molecule has 156 valence electrons. The molecule has 0 saturated heterocycles. The van der Waals surface area contributed by atoms with Crippen molar-refractivity contribution in [1.82, 2.24) is 0 Å². The SMILES string of the molecule is CCOC(=O)[C@@H]1[C@H]2[C@@H](O[Si](C)(C)C(C)(C)C)C[C@@](C)(CO)C[C@@H]2C=C[C@@H]1C. The number of aliphatic hydroxyl groups is 1. The van der Waals surface area contributed by atoms with Crippen LogP contribution in [0.15, 0.2) is 12.2 Å². The maximum Gasteiger partial charge on any atom is 0.309 e. The number of hydrogen-bond acceptors (Lipinski definition) is 4. The van der Waals surface area contributed by atoms with Crippen LogP contribution in [-0.4, -0.2) is 38.7 Å². The van der Waals surface area contributed by atoms with E-state index in [0.29, 0.717) is 6.61 Å². The molecule has 0 spiro atoms. The molecule has 1 saturated carbocycles. The summed E-state index contributed by atoms with van der Waals surface area (Å²) in [5.74, 6) is 0.252. The van der Waals surface area contributed by atoms with E-state index < -0.39 is 8.32 Å². The Morgan fingerprint density at radius 1 is 1.26 bits per heavy atom. The summed E-state index contributed by atoms with van der Waals surface area (Å²) in [4.78, 5) is 12.9. The summed E-state index contributed by atoms with van der Waals surface area (Å²) in [6.45, 7) is 18.0. The summed E-state index contributed by atoms with van der Waals surface area (Å²) in [7, 11) is -2.01. The zero-order valence-electron chi connectivity index (χ0n) is 18.5. The van der Waals surface area contributed by atoms with Gasteiger partial charge < -0.3 is 14.3 Å². The maximum atomic E-state index is 12.9. The third kappa shape index (κ3) is 4.68. The molecule has 5 heteroatoms. The summed E-state index contributed by atoms with van der Waals surface area (Å²) in [5.41, 5.74) is -0.168. The van der Waals surface area contributed by atoms with Gasteiger partial charge in [0.1, 0.15) is 0 Å². The van der Waals surface area contributed by atoms with E-state index >= 15 is 0 Å². The van der Waals surface area contributed by atoms with Crippen LogP contribution < -0.4 is 0 Å². The van der Waals surface area contributed by atoms with E-state index in [1.165, 1.54) is 0 Å². The Morgan fingerprint density at radius 3 is 2.41 bits per heavy atom. The average molecular weight is 397 g/mol. The molecule has 1 fully saturated rings. The van der Waals surface area contributed by atoms with Gasteiger partial charge in [-0.05, 0) is 55.1 Å². The Morgan fingerprint density at radius 2 is 1.89 bits per heavy atom. The fourth-order valence-corrected chi connectivity index (χ4v) is 5.93. The van der Waals surface area contributed by atoms with Gasteiger partial charge in [-0.25, -0.2) is 0 Å². The number of carbonyl (C=O) groups is 1. The molecule has 1 N–H and O–H groups in total. The number of carbonyl (C=O) groups excluding carboxylic acids is 1. The number of rotatable bonds is 5. The third-order valence-corrected chi connectivity index (χ3v) is 11.7. The van der Waals surface area contributed by atoms with E-state index in [9.17, 15) is 9.90 Å². The van der Waals surface area contributed by atoms with Crippen LogP contribution in [0.5, 0.6) is 0 Å². The molecular weight excluding hydrogens is 356 g/mol. The van der Waals surface area contributed by atoms with Gasteiger partial charge in [-0.15, -0.1) is 0 Å². The van der Waals surface area contributed by atoms with E-state index in [1.807, 2.05) is 6.92 Å². The minimum atomic E-state index is -2.01. The van der Waals surface area contributed by atoms with Gasteiger partial charge in [-0.2, -0.15) is 0 Å². The Labute approximate surface area is 166 Å². The summed E-state index contributed by atoms with van der Waals surface area (Å²) >= 11 is 0. The first-order chi connectivity index (χ1) is 12.3. The van der Waals surface area contributed by atoms with Gasteiger partial charge in [0.2, 0.25) is 0 Å². The molecule has 2 aliphatic carbocycles. The van der Waals surface area contributed by atoms with Gasteiger partial charge >= 0.3 is 5.97 Å². The van der Waals surface area contributed by atoms with Gasteiger partial charge in [0.25, 0.3) is 0 Å². The summed E-state index contributed by atoms with van der Waals surface area (Å²) in [5, 5.41) is 10.2. The largest absolute Gasteiger partial charge is 0.466 e. The smallest absolute Gasteiger partial charge is 0.309 e. The van der Waals surface area contributed by atoms with Gasteiger partial charge in [-0.3, -0.25) is 4.79 Å². The van der Waals surface area contributed by atoms with Crippen molar-refractivity contribution in [2.24, 2.45) is 29.1 Å². The molecule has 0 aromatic rings. The molecule has 2 aliphatic rings. The van der Waals surface area contributed by atoms with Crippen molar-refractivity contribution in [1.29, 1.82) is 0 Å². The second-order valence-corrected chi connectivity index (χ2v) is 15.3. The van der Waals surface area contributed by atoms with Gasteiger partial charge in [0.15, 0.2) is 8.32 Å². The standard InChI is InChI=1S/C22H40O4Si/c1-9-25-20(24)18-15(2)10-11-16-12-22(6,14-23)13-17(19(16)18)26-27(7,8)21(3,4)5/h10-11,15-19,23H,9,12-14H2,1-8H3/t15-,16-,17-,18-,19+,22-/m0/s1. The molecule has 0 radical (unpaired) electrons. The monoisotopic (exact) mass is 396 g/mol. The molecule has 2 rings (SSSR count). The van der Waals surface area contributed by atoms with E-state index in [2.05, 4.69) is 59.9 Å². The topological polar surface area (TPSA) is 55.8 Å². The van der Waals surface area contributed by atoms with Crippen molar-refractivity contribution < 1.29 is 19.1 Å². The van der Waals surface area contributed by atoms with E-state index in [-0.39, 0.29) is 52.8 Å². The molecular formula is C22H40O4Si. The van der Waals surface area contributed by atoms with E-state index in [0.717, 1.165) is 12.8 Å². The number of ether oxygens (including phenoxy) is 1. The van der Waals surface area contributed by atoms with E-state index in [4.69, 9.17) is 9.16 Å². The number of fused-ring (bicyclic) bond motifs is 1. The second kappa shape index (κ2) is 8.00. The number of hydrogen-bond donors (Lipinski definition) is 1. The third-order valence-electron chi connectivity index (χ3n) is 7.18. The Balaban J connectivity index is 2.42. The molecule has 0 bridgehead atoms. The molecule has 0 aliphatic heterocycles. The molecule has 0 heterocycles. The van der Waals surface area contributed by atoms with Crippen LogP contribution in [0.4, 0.5) is 0 Å². The minimum Gasteiger partial charge on any atom is -0.466 e. The second-order valence-electron chi connectivity index (χ2n) is 10.6. The highest BCUT2D eigenvalue weighted by Crippen LogP contribution is 2.52. The molecule has 27 heavy (non-hydrogen) atoms. The van der Waals surface area contributed by atoms with Crippen molar-refractivity contribution in [2.75, 3.05) is 13.2 Å². The highest BCUT2D eigenvalue weighted by Gasteiger charge is 2.53. The quantitative estimate of drug-likeness (QED) is 0.412. The van der Waals surface area contributed by atoms with Crippen molar-refractivity contribution >= 4 is 14.3 Å². The zero-order chi connectivity index (χ0) is 20.6. The molecule has 0 unspecified atom stereocenters. The lowest BCUT2D eigenvalue weighted by atomic mass is 9.58. The van der Waals surface area contributed by atoms with Crippen molar-refractivity contribution in [3.05, 3.63) is 12.2 Å². The predicted octanol–water partition coefficient (Wildman–Crippen LogP) is 4.79. The van der Waals surface area contributed by atoms with Crippen molar-refractivity contribution in [3.63, 3.8) is 0 Å². The normalized spacial score (nSPS) is 37.0. The highest BCUT2D eigenvalue weighted by molar-refractivity contribution is 6.74. The first-order valence-corrected chi connectivity index (χ1v) is 13.4. The average Bonchev–Trinajstić information content (AvgIpc) is 2.54. The number of aliphatic hydroxyl groups excluding tert-OH is 1. The first kappa shape index (κ1) is 22.6. The van der Waals surface area contributed by atoms with Crippen LogP contribution in [0.25, 0.3) is 0 Å². The Hall–Kier alpha value is -0.653. The lowest BCUT2D eigenvalue weighted by Gasteiger charge is -2.53. The fourth-order valence-electron chi connectivity index (χ4n) is 4.58. The minimum absolute atomic E-state index is 0.0244. The van der Waals surface area contributed by atoms with Crippen LogP contribution in [0.1, 0.15) is 54.4 Å². The van der Waals surface area contributed by atoms with Crippen molar-refractivity contribution in [2.45, 2.75) is 78.6 Å². The van der Waals surface area contributed by atoms with Crippen LogP contribution in [0.3, 0.4) is 0 Å². The molecule has 4 nitrogen and oxygen atoms in total. The van der Waals surface area contributed by atoms with Gasteiger partial charge in [0.05, 0.1) is 12.5 Å². The van der Waals surface area contributed by atoms with Crippen LogP contribution in [0.2, 0.25) is 18.1 Å². The van der Waals surface area contributed by atoms with Gasteiger partial charge in [0, 0.05) is 18.6 Å². The van der Waals surface area contributed by atoms with Crippen LogP contribution >= 0.6 is 0 Å². The molecule has 0 amide bonds. The Kier molecular flexibility index (Phi) is 6.70. The zero-order valence-corrected chi connectivity index (χ0v) is 19.5. The fraction of sp³-hybridized carbons (Fsp3) is 0.864. The summed E-state index contributed by atoms with van der Waals surface area (Å²) < 4.78 is 12.4. The Bertz CT molecular complexity index is 565. The molecule has 0 aromatic carbocycles. The predicted molar refractivity (Wildman–Crippen MR) is 112 cm³/mol. The summed E-state index contributed by atoms with van der Waals surface area (Å²) in [6, 6.07) is 0. The highest BCUT2D eigenvalue weighted by atomic mass is 28.4. The lowest BCUT2D eigenvalue weighted by molar-refractivity contribution is -0.158.